The highest BCUT2D eigenvalue weighted by atomic mass is 16.1. The molecule has 1 aliphatic carbocycles. The number of benzene rings is 2. The van der Waals surface area contributed by atoms with Crippen LogP contribution in [0.2, 0.25) is 0 Å². The number of aromatic nitrogens is 1. The van der Waals surface area contributed by atoms with Crippen LogP contribution in [0.3, 0.4) is 0 Å². The van der Waals surface area contributed by atoms with E-state index in [1.807, 2.05) is 66.7 Å². The molecule has 4 rings (SSSR count). The van der Waals surface area contributed by atoms with Crippen LogP contribution in [0, 0.1) is 0 Å². The maximum atomic E-state index is 13.0. The summed E-state index contributed by atoms with van der Waals surface area (Å²) in [6.45, 7) is 0. The zero-order chi connectivity index (χ0) is 17.8. The van der Waals surface area contributed by atoms with Crippen molar-refractivity contribution in [2.45, 2.75) is 24.9 Å². The molecule has 0 spiro atoms. The Morgan fingerprint density at radius 1 is 0.885 bits per heavy atom. The van der Waals surface area contributed by atoms with Crippen molar-refractivity contribution in [2.75, 3.05) is 5.32 Å². The number of pyridine rings is 1. The summed E-state index contributed by atoms with van der Waals surface area (Å²) >= 11 is 0. The van der Waals surface area contributed by atoms with E-state index in [4.69, 9.17) is 0 Å². The second kappa shape index (κ2) is 7.40. The SMILES string of the molecule is O=C(NC(c1ccccc1)c1ccccc1)c1cccnc1NC1CC1. The quantitative estimate of drug-likeness (QED) is 0.706. The lowest BCUT2D eigenvalue weighted by Gasteiger charge is -2.20. The third-order valence-electron chi connectivity index (χ3n) is 4.51. The smallest absolute Gasteiger partial charge is 0.255 e. The number of hydrogen-bond donors (Lipinski definition) is 2. The van der Waals surface area contributed by atoms with E-state index in [1.54, 1.807) is 12.3 Å². The lowest BCUT2D eigenvalue weighted by molar-refractivity contribution is 0.0943. The Morgan fingerprint density at radius 2 is 1.50 bits per heavy atom. The Balaban J connectivity index is 1.63. The van der Waals surface area contributed by atoms with Gasteiger partial charge in [0.25, 0.3) is 5.91 Å². The van der Waals surface area contributed by atoms with Gasteiger partial charge in [-0.2, -0.15) is 0 Å². The van der Waals surface area contributed by atoms with E-state index in [0.29, 0.717) is 17.4 Å². The zero-order valence-electron chi connectivity index (χ0n) is 14.4. The van der Waals surface area contributed by atoms with Crippen molar-refractivity contribution in [1.29, 1.82) is 0 Å². The predicted molar refractivity (Wildman–Crippen MR) is 103 cm³/mol. The van der Waals surface area contributed by atoms with Crippen molar-refractivity contribution in [3.63, 3.8) is 0 Å². The summed E-state index contributed by atoms with van der Waals surface area (Å²) in [5.41, 5.74) is 2.68. The largest absolute Gasteiger partial charge is 0.367 e. The molecule has 0 saturated heterocycles. The van der Waals surface area contributed by atoms with Crippen LogP contribution in [0.4, 0.5) is 5.82 Å². The van der Waals surface area contributed by atoms with Crippen molar-refractivity contribution < 1.29 is 4.79 Å². The van der Waals surface area contributed by atoms with Gasteiger partial charge in [-0.15, -0.1) is 0 Å². The molecule has 1 saturated carbocycles. The van der Waals surface area contributed by atoms with Crippen molar-refractivity contribution in [1.82, 2.24) is 10.3 Å². The highest BCUT2D eigenvalue weighted by Gasteiger charge is 2.25. The van der Waals surface area contributed by atoms with Crippen LogP contribution in [-0.2, 0) is 0 Å². The van der Waals surface area contributed by atoms with Crippen molar-refractivity contribution in [3.05, 3.63) is 95.7 Å². The van der Waals surface area contributed by atoms with Gasteiger partial charge in [0.05, 0.1) is 11.6 Å². The molecule has 0 bridgehead atoms. The fourth-order valence-electron chi connectivity index (χ4n) is 2.98. The second-order valence-corrected chi connectivity index (χ2v) is 6.55. The number of hydrogen-bond acceptors (Lipinski definition) is 3. The van der Waals surface area contributed by atoms with E-state index >= 15 is 0 Å². The molecule has 2 aromatic carbocycles. The summed E-state index contributed by atoms with van der Waals surface area (Å²) in [5.74, 6) is 0.534. The third-order valence-corrected chi connectivity index (χ3v) is 4.51. The molecule has 4 nitrogen and oxygen atoms in total. The lowest BCUT2D eigenvalue weighted by atomic mass is 9.98. The zero-order valence-corrected chi connectivity index (χ0v) is 14.4. The average molecular weight is 343 g/mol. The van der Waals surface area contributed by atoms with E-state index < -0.39 is 0 Å². The number of nitrogens with zero attached hydrogens (tertiary/aromatic N) is 1. The van der Waals surface area contributed by atoms with Gasteiger partial charge >= 0.3 is 0 Å². The average Bonchev–Trinajstić information content (AvgIpc) is 3.52. The first kappa shape index (κ1) is 16.3. The molecule has 3 aromatic rings. The molecule has 0 radical (unpaired) electrons. The highest BCUT2D eigenvalue weighted by molar-refractivity contribution is 5.99. The Labute approximate surface area is 153 Å². The number of carbonyl (C=O) groups is 1. The summed E-state index contributed by atoms with van der Waals surface area (Å²) in [6, 6.07) is 23.9. The number of anilines is 1. The minimum absolute atomic E-state index is 0.126. The Bertz CT molecular complexity index is 837. The van der Waals surface area contributed by atoms with E-state index in [0.717, 1.165) is 24.0 Å². The molecular weight excluding hydrogens is 322 g/mol. The maximum absolute atomic E-state index is 13.0. The number of carbonyl (C=O) groups excluding carboxylic acids is 1. The van der Waals surface area contributed by atoms with Gasteiger partial charge in [-0.1, -0.05) is 60.7 Å². The predicted octanol–water partition coefficient (Wildman–Crippen LogP) is 4.18. The first-order chi connectivity index (χ1) is 12.8. The Kier molecular flexibility index (Phi) is 4.65. The molecule has 1 aromatic heterocycles. The van der Waals surface area contributed by atoms with Crippen LogP contribution in [0.5, 0.6) is 0 Å². The summed E-state index contributed by atoms with van der Waals surface area (Å²) in [4.78, 5) is 17.4. The Morgan fingerprint density at radius 3 is 2.08 bits per heavy atom. The Hall–Kier alpha value is -3.14. The standard InChI is InChI=1S/C22H21N3O/c26-22(19-12-7-15-23-21(19)24-18-13-14-18)25-20(16-8-3-1-4-9-16)17-10-5-2-6-11-17/h1-12,15,18,20H,13-14H2,(H,23,24)(H,25,26). The lowest BCUT2D eigenvalue weighted by Crippen LogP contribution is -2.30. The first-order valence-corrected chi connectivity index (χ1v) is 8.93. The molecule has 0 unspecified atom stereocenters. The van der Waals surface area contributed by atoms with Crippen LogP contribution in [0.15, 0.2) is 79.0 Å². The number of nitrogens with one attached hydrogen (secondary N) is 2. The first-order valence-electron chi connectivity index (χ1n) is 8.93. The maximum Gasteiger partial charge on any atom is 0.255 e. The van der Waals surface area contributed by atoms with Gasteiger partial charge < -0.3 is 10.6 Å². The van der Waals surface area contributed by atoms with Crippen molar-refractivity contribution >= 4 is 11.7 Å². The molecule has 26 heavy (non-hydrogen) atoms. The fourth-order valence-corrected chi connectivity index (χ4v) is 2.98. The van der Waals surface area contributed by atoms with E-state index in [1.165, 1.54) is 0 Å². The minimum Gasteiger partial charge on any atom is -0.367 e. The summed E-state index contributed by atoms with van der Waals surface area (Å²) < 4.78 is 0. The minimum atomic E-state index is -0.209. The van der Waals surface area contributed by atoms with Crippen molar-refractivity contribution in [2.24, 2.45) is 0 Å². The molecule has 1 fully saturated rings. The van der Waals surface area contributed by atoms with Crippen LogP contribution in [-0.4, -0.2) is 16.9 Å². The van der Waals surface area contributed by atoms with Crippen LogP contribution in [0.1, 0.15) is 40.4 Å². The van der Waals surface area contributed by atoms with Gasteiger partial charge in [-0.3, -0.25) is 4.79 Å². The van der Waals surface area contributed by atoms with E-state index in [9.17, 15) is 4.79 Å². The van der Waals surface area contributed by atoms with Crippen LogP contribution >= 0.6 is 0 Å². The van der Waals surface area contributed by atoms with Gasteiger partial charge in [0, 0.05) is 12.2 Å². The van der Waals surface area contributed by atoms with Gasteiger partial charge in [-0.05, 0) is 36.1 Å². The van der Waals surface area contributed by atoms with Gasteiger partial charge in [0.2, 0.25) is 0 Å². The van der Waals surface area contributed by atoms with E-state index in [-0.39, 0.29) is 11.9 Å². The highest BCUT2D eigenvalue weighted by Crippen LogP contribution is 2.27. The molecule has 1 amide bonds. The number of amides is 1. The monoisotopic (exact) mass is 343 g/mol. The molecule has 0 aliphatic heterocycles. The van der Waals surface area contributed by atoms with Crippen LogP contribution in [0.25, 0.3) is 0 Å². The topological polar surface area (TPSA) is 54.0 Å². The fraction of sp³-hybridized carbons (Fsp3) is 0.182. The molecule has 0 atom stereocenters. The molecule has 4 heteroatoms. The molecule has 2 N–H and O–H groups in total. The van der Waals surface area contributed by atoms with Crippen LogP contribution < -0.4 is 10.6 Å². The summed E-state index contributed by atoms with van der Waals surface area (Å²) in [6.07, 6.45) is 3.98. The second-order valence-electron chi connectivity index (χ2n) is 6.55. The summed E-state index contributed by atoms with van der Waals surface area (Å²) in [7, 11) is 0. The van der Waals surface area contributed by atoms with Crippen molar-refractivity contribution in [3.8, 4) is 0 Å². The molecular formula is C22H21N3O. The van der Waals surface area contributed by atoms with Gasteiger partial charge in [0.1, 0.15) is 5.82 Å². The molecule has 1 heterocycles. The molecule has 130 valence electrons. The van der Waals surface area contributed by atoms with Gasteiger partial charge in [-0.25, -0.2) is 4.98 Å². The summed E-state index contributed by atoms with van der Waals surface area (Å²) in [5, 5.41) is 6.53. The van der Waals surface area contributed by atoms with Gasteiger partial charge in [0.15, 0.2) is 0 Å². The van der Waals surface area contributed by atoms with E-state index in [2.05, 4.69) is 15.6 Å². The molecule has 1 aliphatic rings. The third kappa shape index (κ3) is 3.75. The number of rotatable bonds is 6. The normalized spacial score (nSPS) is 13.4.